The van der Waals surface area contributed by atoms with Crippen LogP contribution < -0.4 is 24.9 Å². The van der Waals surface area contributed by atoms with E-state index in [0.717, 1.165) is 11.1 Å². The zero-order valence-electron chi connectivity index (χ0n) is 23.0. The summed E-state index contributed by atoms with van der Waals surface area (Å²) in [5, 5.41) is 3.58. The van der Waals surface area contributed by atoms with Crippen molar-refractivity contribution in [2.24, 2.45) is 4.99 Å². The van der Waals surface area contributed by atoms with Crippen molar-refractivity contribution in [2.45, 2.75) is 19.6 Å². The van der Waals surface area contributed by atoms with E-state index in [0.29, 0.717) is 49.2 Å². The average molecular weight is 610 g/mol. The normalized spacial score (nSPS) is 14.7. The van der Waals surface area contributed by atoms with Gasteiger partial charge in [0, 0.05) is 10.7 Å². The summed E-state index contributed by atoms with van der Waals surface area (Å²) < 4.78 is 21.7. The minimum atomic E-state index is -0.786. The van der Waals surface area contributed by atoms with Gasteiger partial charge in [0.15, 0.2) is 4.80 Å². The first-order valence-corrected chi connectivity index (χ1v) is 14.7. The molecule has 2 heterocycles. The highest BCUT2D eigenvalue weighted by Gasteiger charge is 2.32. The third kappa shape index (κ3) is 6.21. The van der Waals surface area contributed by atoms with Gasteiger partial charge in [0.2, 0.25) is 0 Å². The number of thiazole rings is 1. The van der Waals surface area contributed by atoms with E-state index >= 15 is 0 Å². The Labute approximate surface area is 255 Å². The van der Waals surface area contributed by atoms with Crippen LogP contribution in [0.25, 0.3) is 6.08 Å². The quantitative estimate of drug-likeness (QED) is 0.237. The first-order chi connectivity index (χ1) is 20.9. The van der Waals surface area contributed by atoms with Crippen molar-refractivity contribution in [3.63, 3.8) is 0 Å². The number of carbonyl (C=O) groups is 1. The molecule has 1 aliphatic heterocycles. The minimum Gasteiger partial charge on any atom is -0.489 e. The third-order valence-corrected chi connectivity index (χ3v) is 8.22. The number of allylic oxidation sites excluding steroid dienone is 1. The fraction of sp³-hybridized carbons (Fsp3) is 0.0882. The maximum absolute atomic E-state index is 13.9. The van der Waals surface area contributed by atoms with Crippen LogP contribution in [0.1, 0.15) is 29.7 Å². The smallest absolute Gasteiger partial charge is 0.271 e. The number of anilines is 1. The second kappa shape index (κ2) is 12.2. The number of hydrogen-bond donors (Lipinski definition) is 1. The van der Waals surface area contributed by atoms with Gasteiger partial charge in [-0.25, -0.2) is 9.38 Å². The van der Waals surface area contributed by atoms with E-state index in [4.69, 9.17) is 16.3 Å². The Bertz CT molecular complexity index is 2000. The second-order valence-corrected chi connectivity index (χ2v) is 11.4. The molecule has 0 aliphatic carbocycles. The minimum absolute atomic E-state index is 0.293. The van der Waals surface area contributed by atoms with Gasteiger partial charge in [0.1, 0.15) is 18.2 Å². The number of para-hydroxylation sites is 1. The predicted molar refractivity (Wildman–Crippen MR) is 167 cm³/mol. The molecule has 1 N–H and O–H groups in total. The number of hydrogen-bond acceptors (Lipinski definition) is 5. The molecule has 0 fully saturated rings. The summed E-state index contributed by atoms with van der Waals surface area (Å²) in [5.41, 5.74) is 3.53. The number of ether oxygens (including phenoxy) is 1. The van der Waals surface area contributed by atoms with Crippen LogP contribution in [0.2, 0.25) is 5.02 Å². The van der Waals surface area contributed by atoms with Crippen LogP contribution in [0.4, 0.5) is 10.1 Å². The molecule has 214 valence electrons. The largest absolute Gasteiger partial charge is 0.489 e. The zero-order valence-corrected chi connectivity index (χ0v) is 24.5. The van der Waals surface area contributed by atoms with Crippen molar-refractivity contribution in [1.82, 2.24) is 4.57 Å². The number of fused-ring (bicyclic) bond motifs is 1. The van der Waals surface area contributed by atoms with Crippen LogP contribution in [0.3, 0.4) is 0 Å². The van der Waals surface area contributed by atoms with E-state index in [1.807, 2.05) is 66.7 Å². The summed E-state index contributed by atoms with van der Waals surface area (Å²) >= 11 is 7.19. The third-order valence-electron chi connectivity index (χ3n) is 6.98. The molecule has 0 spiro atoms. The van der Waals surface area contributed by atoms with Crippen molar-refractivity contribution < 1.29 is 13.9 Å². The maximum atomic E-state index is 13.9. The molecule has 0 radical (unpaired) electrons. The Kier molecular flexibility index (Phi) is 8.05. The molecule has 1 aromatic heterocycles. The number of benzene rings is 4. The average Bonchev–Trinajstić information content (AvgIpc) is 3.31. The SMILES string of the molecule is CC1=C(C(=O)Nc2ccccc2)[C@@H](c2ccc(F)cc2)n2c(s/c(=C\c3ccc(OCc4ccc(Cl)cc4)cc3)c2=O)=N1. The Morgan fingerprint density at radius 1 is 1.00 bits per heavy atom. The standard InChI is InChI=1S/C34H25ClFN3O3S/c1-21-30(32(40)38-27-5-3-2-4-6-27)31(24-11-15-26(36)16-12-24)39-33(41)29(43-34(39)37-21)19-22-9-17-28(18-10-22)42-20-23-7-13-25(35)14-8-23/h2-19,31H,20H2,1H3,(H,38,40)/b29-19-/t31-/m1/s1. The number of aromatic nitrogens is 1. The van der Waals surface area contributed by atoms with Crippen molar-refractivity contribution in [3.8, 4) is 5.75 Å². The predicted octanol–water partition coefficient (Wildman–Crippen LogP) is 6.25. The molecule has 6 rings (SSSR count). The van der Waals surface area contributed by atoms with Gasteiger partial charge in [0.25, 0.3) is 11.5 Å². The Morgan fingerprint density at radius 2 is 1.70 bits per heavy atom. The lowest BCUT2D eigenvalue weighted by Gasteiger charge is -2.25. The van der Waals surface area contributed by atoms with Gasteiger partial charge in [-0.1, -0.05) is 77.5 Å². The number of nitrogens with zero attached hydrogens (tertiary/aromatic N) is 2. The summed E-state index contributed by atoms with van der Waals surface area (Å²) in [6, 6.07) is 29.0. The highest BCUT2D eigenvalue weighted by atomic mass is 35.5. The summed E-state index contributed by atoms with van der Waals surface area (Å²) in [6.45, 7) is 2.15. The Balaban J connectivity index is 1.33. The first kappa shape index (κ1) is 28.3. The van der Waals surface area contributed by atoms with E-state index in [-0.39, 0.29) is 11.5 Å². The molecule has 1 aliphatic rings. The summed E-state index contributed by atoms with van der Waals surface area (Å²) in [5.74, 6) is -0.104. The zero-order chi connectivity index (χ0) is 29.9. The summed E-state index contributed by atoms with van der Waals surface area (Å²) in [7, 11) is 0. The van der Waals surface area contributed by atoms with Gasteiger partial charge in [-0.2, -0.15) is 0 Å². The van der Waals surface area contributed by atoms with Crippen LogP contribution >= 0.6 is 22.9 Å². The molecule has 0 unspecified atom stereocenters. The van der Waals surface area contributed by atoms with Crippen LogP contribution in [0.5, 0.6) is 5.75 Å². The molecule has 9 heteroatoms. The number of nitrogens with one attached hydrogen (secondary N) is 1. The van der Waals surface area contributed by atoms with Crippen LogP contribution in [-0.2, 0) is 11.4 Å². The molecule has 43 heavy (non-hydrogen) atoms. The van der Waals surface area contributed by atoms with Gasteiger partial charge >= 0.3 is 0 Å². The highest BCUT2D eigenvalue weighted by Crippen LogP contribution is 2.31. The van der Waals surface area contributed by atoms with E-state index in [2.05, 4.69) is 10.3 Å². The monoisotopic (exact) mass is 609 g/mol. The molecule has 0 saturated carbocycles. The second-order valence-electron chi connectivity index (χ2n) is 9.94. The van der Waals surface area contributed by atoms with Gasteiger partial charge in [0.05, 0.1) is 21.8 Å². The summed E-state index contributed by atoms with van der Waals surface area (Å²) in [6.07, 6.45) is 1.79. The van der Waals surface area contributed by atoms with Gasteiger partial charge < -0.3 is 10.1 Å². The molecule has 0 bridgehead atoms. The van der Waals surface area contributed by atoms with Crippen LogP contribution in [0.15, 0.2) is 124 Å². The lowest BCUT2D eigenvalue weighted by molar-refractivity contribution is -0.113. The molecule has 0 saturated heterocycles. The van der Waals surface area contributed by atoms with E-state index in [1.54, 1.807) is 37.3 Å². The number of amides is 1. The number of halogens is 2. The Morgan fingerprint density at radius 3 is 2.40 bits per heavy atom. The number of carbonyl (C=O) groups excluding carboxylic acids is 1. The van der Waals surface area contributed by atoms with Crippen molar-refractivity contribution >= 4 is 40.6 Å². The lowest BCUT2D eigenvalue weighted by Crippen LogP contribution is -2.40. The van der Waals surface area contributed by atoms with E-state index in [9.17, 15) is 14.0 Å². The summed E-state index contributed by atoms with van der Waals surface area (Å²) in [4.78, 5) is 32.6. The molecular formula is C34H25ClFN3O3S. The molecule has 1 amide bonds. The van der Waals surface area contributed by atoms with Gasteiger partial charge in [-0.3, -0.25) is 14.2 Å². The fourth-order valence-electron chi connectivity index (χ4n) is 4.85. The van der Waals surface area contributed by atoms with E-state index in [1.165, 1.54) is 28.0 Å². The molecule has 1 atom stereocenters. The van der Waals surface area contributed by atoms with Crippen LogP contribution in [-0.4, -0.2) is 10.5 Å². The molecular weight excluding hydrogens is 585 g/mol. The number of rotatable bonds is 7. The first-order valence-electron chi connectivity index (χ1n) is 13.5. The van der Waals surface area contributed by atoms with Crippen molar-refractivity contribution in [2.75, 3.05) is 5.32 Å². The van der Waals surface area contributed by atoms with Gasteiger partial charge in [-0.15, -0.1) is 0 Å². The van der Waals surface area contributed by atoms with E-state index < -0.39 is 11.9 Å². The van der Waals surface area contributed by atoms with Crippen molar-refractivity contribution in [1.29, 1.82) is 0 Å². The lowest BCUT2D eigenvalue weighted by atomic mass is 9.95. The van der Waals surface area contributed by atoms with Crippen LogP contribution in [0, 0.1) is 5.82 Å². The highest BCUT2D eigenvalue weighted by molar-refractivity contribution is 7.07. The van der Waals surface area contributed by atoms with Crippen molar-refractivity contribution in [3.05, 3.63) is 162 Å². The van der Waals surface area contributed by atoms with Gasteiger partial charge in [-0.05, 0) is 78.2 Å². The Hall–Kier alpha value is -4.79. The molecule has 5 aromatic rings. The maximum Gasteiger partial charge on any atom is 0.271 e. The molecule has 6 nitrogen and oxygen atoms in total. The fourth-order valence-corrected chi connectivity index (χ4v) is 6.02. The topological polar surface area (TPSA) is 72.7 Å². The molecule has 4 aromatic carbocycles.